The number of anilines is 1. The molecule has 1 N–H and O–H groups in total. The van der Waals surface area contributed by atoms with Crippen LogP contribution in [-0.2, 0) is 0 Å². The summed E-state index contributed by atoms with van der Waals surface area (Å²) in [5.41, 5.74) is 1.94. The van der Waals surface area contributed by atoms with Crippen molar-refractivity contribution in [2.75, 3.05) is 11.9 Å². The summed E-state index contributed by atoms with van der Waals surface area (Å²) < 4.78 is 0. The molecule has 0 radical (unpaired) electrons. The van der Waals surface area contributed by atoms with Gasteiger partial charge < -0.3 is 5.32 Å². The number of ketones is 1. The Hall–Kier alpha value is -1.31. The molecule has 92 valence electrons. The minimum absolute atomic E-state index is 0.214. The largest absolute Gasteiger partial charge is 0.385 e. The average Bonchev–Trinajstić information content (AvgIpc) is 2.32. The van der Waals surface area contributed by atoms with Gasteiger partial charge in [-0.2, -0.15) is 0 Å². The van der Waals surface area contributed by atoms with Gasteiger partial charge in [0, 0.05) is 24.2 Å². The molecule has 1 aromatic carbocycles. The summed E-state index contributed by atoms with van der Waals surface area (Å²) in [6, 6.07) is 7.84. The molecule has 0 saturated heterocycles. The van der Waals surface area contributed by atoms with Crippen LogP contribution >= 0.6 is 0 Å². The highest BCUT2D eigenvalue weighted by molar-refractivity contribution is 5.96. The van der Waals surface area contributed by atoms with Crippen molar-refractivity contribution in [3.05, 3.63) is 29.8 Å². The minimum atomic E-state index is 0.214. The normalized spacial score (nSPS) is 15.4. The molecule has 2 rings (SSSR count). The van der Waals surface area contributed by atoms with Gasteiger partial charge >= 0.3 is 0 Å². The van der Waals surface area contributed by atoms with Crippen LogP contribution in [0.5, 0.6) is 0 Å². The van der Waals surface area contributed by atoms with Gasteiger partial charge in [0.15, 0.2) is 5.78 Å². The summed E-state index contributed by atoms with van der Waals surface area (Å²) in [6.45, 7) is 2.94. The molecule has 1 fully saturated rings. The van der Waals surface area contributed by atoms with Crippen molar-refractivity contribution in [2.24, 2.45) is 5.92 Å². The molecule has 1 aliphatic carbocycles. The topological polar surface area (TPSA) is 29.1 Å². The van der Waals surface area contributed by atoms with Crippen LogP contribution in [0.1, 0.15) is 49.4 Å². The zero-order valence-electron chi connectivity index (χ0n) is 10.5. The first-order valence-electron chi connectivity index (χ1n) is 6.66. The first kappa shape index (κ1) is 12.2. The number of hydrogen-bond donors (Lipinski definition) is 1. The van der Waals surface area contributed by atoms with Gasteiger partial charge in [0.25, 0.3) is 0 Å². The third-order valence-electron chi connectivity index (χ3n) is 3.63. The summed E-state index contributed by atoms with van der Waals surface area (Å²) in [6.07, 6.45) is 6.08. The predicted octanol–water partition coefficient (Wildman–Crippen LogP) is 3.88. The lowest BCUT2D eigenvalue weighted by Crippen LogP contribution is -2.15. The molecule has 0 unspecified atom stereocenters. The Balaban J connectivity index is 1.78. The molecule has 0 aliphatic heterocycles. The average molecular weight is 231 g/mol. The van der Waals surface area contributed by atoms with Gasteiger partial charge in [-0.3, -0.25) is 4.79 Å². The van der Waals surface area contributed by atoms with Gasteiger partial charge in [-0.1, -0.05) is 26.2 Å². The maximum absolute atomic E-state index is 11.5. The van der Waals surface area contributed by atoms with Crippen LogP contribution in [0.4, 0.5) is 5.69 Å². The molecule has 0 bridgehead atoms. The van der Waals surface area contributed by atoms with Crippen LogP contribution in [-0.4, -0.2) is 12.3 Å². The second-order valence-corrected chi connectivity index (χ2v) is 4.87. The van der Waals surface area contributed by atoms with Gasteiger partial charge in [-0.25, -0.2) is 0 Å². The van der Waals surface area contributed by atoms with Gasteiger partial charge in [0.1, 0.15) is 0 Å². The SMILES string of the molecule is CCC(=O)c1ccc(NCCC2CCC2)cc1. The summed E-state index contributed by atoms with van der Waals surface area (Å²) in [5.74, 6) is 1.16. The lowest BCUT2D eigenvalue weighted by atomic mass is 9.83. The molecule has 0 aromatic heterocycles. The third kappa shape index (κ3) is 3.32. The summed E-state index contributed by atoms with van der Waals surface area (Å²) >= 11 is 0. The van der Waals surface area contributed by atoms with E-state index >= 15 is 0 Å². The highest BCUT2D eigenvalue weighted by Gasteiger charge is 2.16. The third-order valence-corrected chi connectivity index (χ3v) is 3.63. The molecule has 0 heterocycles. The Kier molecular flexibility index (Phi) is 4.18. The standard InChI is InChI=1S/C15H21NO/c1-2-15(17)13-6-8-14(9-7-13)16-11-10-12-4-3-5-12/h6-9,12,16H,2-5,10-11H2,1H3. The Morgan fingerprint density at radius 3 is 2.53 bits per heavy atom. The van der Waals surface area contributed by atoms with E-state index in [2.05, 4.69) is 5.32 Å². The molecular formula is C15H21NO. The second-order valence-electron chi connectivity index (χ2n) is 4.87. The van der Waals surface area contributed by atoms with E-state index in [1.54, 1.807) is 0 Å². The molecule has 17 heavy (non-hydrogen) atoms. The Morgan fingerprint density at radius 1 is 1.29 bits per heavy atom. The van der Waals surface area contributed by atoms with E-state index in [1.165, 1.54) is 25.7 Å². The van der Waals surface area contributed by atoms with Crippen molar-refractivity contribution < 1.29 is 4.79 Å². The van der Waals surface area contributed by atoms with E-state index in [9.17, 15) is 4.79 Å². The number of benzene rings is 1. The fraction of sp³-hybridized carbons (Fsp3) is 0.533. The van der Waals surface area contributed by atoms with Crippen molar-refractivity contribution >= 4 is 11.5 Å². The second kappa shape index (κ2) is 5.85. The van der Waals surface area contributed by atoms with Crippen LogP contribution < -0.4 is 5.32 Å². The lowest BCUT2D eigenvalue weighted by molar-refractivity contribution is 0.0988. The molecule has 1 aliphatic rings. The van der Waals surface area contributed by atoms with E-state index in [0.29, 0.717) is 6.42 Å². The van der Waals surface area contributed by atoms with Crippen LogP contribution in [0.2, 0.25) is 0 Å². The molecular weight excluding hydrogens is 210 g/mol. The van der Waals surface area contributed by atoms with Crippen molar-refractivity contribution in [1.29, 1.82) is 0 Å². The lowest BCUT2D eigenvalue weighted by Gasteiger charge is -2.25. The van der Waals surface area contributed by atoms with Gasteiger partial charge in [0.05, 0.1) is 0 Å². The van der Waals surface area contributed by atoms with Gasteiger partial charge in [-0.15, -0.1) is 0 Å². The van der Waals surface area contributed by atoms with Gasteiger partial charge in [0.2, 0.25) is 0 Å². The number of Topliss-reactive ketones (excluding diaryl/α,β-unsaturated/α-hetero) is 1. The molecule has 2 nitrogen and oxygen atoms in total. The Bertz CT molecular complexity index is 365. The first-order chi connectivity index (χ1) is 8.29. The zero-order valence-corrected chi connectivity index (χ0v) is 10.5. The van der Waals surface area contributed by atoms with E-state index in [4.69, 9.17) is 0 Å². The summed E-state index contributed by atoms with van der Waals surface area (Å²) in [5, 5.41) is 3.42. The van der Waals surface area contributed by atoms with E-state index in [0.717, 1.165) is 23.7 Å². The molecule has 1 aromatic rings. The van der Waals surface area contributed by atoms with Gasteiger partial charge in [-0.05, 0) is 36.6 Å². The van der Waals surface area contributed by atoms with E-state index in [1.807, 2.05) is 31.2 Å². The van der Waals surface area contributed by atoms with Crippen LogP contribution in [0.25, 0.3) is 0 Å². The summed E-state index contributed by atoms with van der Waals surface area (Å²) in [7, 11) is 0. The quantitative estimate of drug-likeness (QED) is 0.753. The van der Waals surface area contributed by atoms with Crippen molar-refractivity contribution in [1.82, 2.24) is 0 Å². The van der Waals surface area contributed by atoms with E-state index < -0.39 is 0 Å². The van der Waals surface area contributed by atoms with Crippen molar-refractivity contribution in [3.8, 4) is 0 Å². The fourth-order valence-electron chi connectivity index (χ4n) is 2.18. The zero-order chi connectivity index (χ0) is 12.1. The molecule has 0 atom stereocenters. The fourth-order valence-corrected chi connectivity index (χ4v) is 2.18. The summed E-state index contributed by atoms with van der Waals surface area (Å²) in [4.78, 5) is 11.5. The number of carbonyl (C=O) groups excluding carboxylic acids is 1. The number of carbonyl (C=O) groups is 1. The van der Waals surface area contributed by atoms with Crippen LogP contribution in [0.15, 0.2) is 24.3 Å². The predicted molar refractivity (Wildman–Crippen MR) is 71.5 cm³/mol. The minimum Gasteiger partial charge on any atom is -0.385 e. The smallest absolute Gasteiger partial charge is 0.162 e. The first-order valence-corrected chi connectivity index (χ1v) is 6.66. The molecule has 2 heteroatoms. The number of nitrogens with one attached hydrogen (secondary N) is 1. The van der Waals surface area contributed by atoms with E-state index in [-0.39, 0.29) is 5.78 Å². The Labute approximate surface area is 103 Å². The highest BCUT2D eigenvalue weighted by atomic mass is 16.1. The molecule has 0 amide bonds. The maximum atomic E-state index is 11.5. The van der Waals surface area contributed by atoms with Crippen LogP contribution in [0.3, 0.4) is 0 Å². The number of rotatable bonds is 6. The molecule has 1 saturated carbocycles. The Morgan fingerprint density at radius 2 is 2.00 bits per heavy atom. The monoisotopic (exact) mass is 231 g/mol. The number of hydrogen-bond acceptors (Lipinski definition) is 2. The van der Waals surface area contributed by atoms with Crippen molar-refractivity contribution in [3.63, 3.8) is 0 Å². The van der Waals surface area contributed by atoms with Crippen LogP contribution in [0, 0.1) is 5.92 Å². The highest BCUT2D eigenvalue weighted by Crippen LogP contribution is 2.29. The maximum Gasteiger partial charge on any atom is 0.162 e. The van der Waals surface area contributed by atoms with Crippen molar-refractivity contribution in [2.45, 2.75) is 39.0 Å². The molecule has 0 spiro atoms.